The second-order valence-corrected chi connectivity index (χ2v) is 3.45. The molecule has 1 aromatic rings. The number of amides is 1. The lowest BCUT2D eigenvalue weighted by Crippen LogP contribution is -2.30. The van der Waals surface area contributed by atoms with Gasteiger partial charge in [0.05, 0.1) is 12.8 Å². The van der Waals surface area contributed by atoms with E-state index in [9.17, 15) is 4.79 Å². The van der Waals surface area contributed by atoms with Gasteiger partial charge in [-0.15, -0.1) is 6.58 Å². The van der Waals surface area contributed by atoms with E-state index in [-0.39, 0.29) is 11.9 Å². The average molecular weight is 220 g/mol. The molecule has 1 amide bonds. The van der Waals surface area contributed by atoms with Crippen LogP contribution < -0.4 is 15.8 Å². The highest BCUT2D eigenvalue weighted by atomic mass is 16.5. The van der Waals surface area contributed by atoms with E-state index >= 15 is 0 Å². The molecular formula is C12H16N2O2. The third kappa shape index (κ3) is 2.76. The maximum atomic E-state index is 11.7. The summed E-state index contributed by atoms with van der Waals surface area (Å²) >= 11 is 0. The molecule has 0 aromatic heterocycles. The number of benzene rings is 1. The number of ether oxygens (including phenoxy) is 1. The van der Waals surface area contributed by atoms with E-state index in [1.807, 2.05) is 6.92 Å². The van der Waals surface area contributed by atoms with Crippen LogP contribution in [0.25, 0.3) is 0 Å². The van der Waals surface area contributed by atoms with E-state index in [0.29, 0.717) is 17.0 Å². The topological polar surface area (TPSA) is 64.3 Å². The lowest BCUT2D eigenvalue weighted by Gasteiger charge is -2.10. The maximum Gasteiger partial charge on any atom is 0.251 e. The lowest BCUT2D eigenvalue weighted by atomic mass is 10.1. The SMILES string of the molecule is C=CC(C)NC(=O)c1ccc(OC)c(N)c1. The third-order valence-electron chi connectivity index (χ3n) is 2.20. The summed E-state index contributed by atoms with van der Waals surface area (Å²) in [6.45, 7) is 5.44. The van der Waals surface area contributed by atoms with E-state index in [2.05, 4.69) is 11.9 Å². The fourth-order valence-electron chi connectivity index (χ4n) is 1.22. The number of nitrogen functional groups attached to an aromatic ring is 1. The molecule has 4 heteroatoms. The third-order valence-corrected chi connectivity index (χ3v) is 2.20. The molecule has 0 bridgehead atoms. The molecule has 0 heterocycles. The van der Waals surface area contributed by atoms with E-state index in [0.717, 1.165) is 0 Å². The number of anilines is 1. The van der Waals surface area contributed by atoms with Gasteiger partial charge in [0, 0.05) is 11.6 Å². The summed E-state index contributed by atoms with van der Waals surface area (Å²) in [6, 6.07) is 4.85. The quantitative estimate of drug-likeness (QED) is 0.598. The number of hydrogen-bond acceptors (Lipinski definition) is 3. The number of nitrogens with two attached hydrogens (primary N) is 1. The monoisotopic (exact) mass is 220 g/mol. The highest BCUT2D eigenvalue weighted by Crippen LogP contribution is 2.21. The zero-order valence-corrected chi connectivity index (χ0v) is 9.49. The van der Waals surface area contributed by atoms with Crippen molar-refractivity contribution < 1.29 is 9.53 Å². The van der Waals surface area contributed by atoms with Crippen LogP contribution in [0, 0.1) is 0 Å². The average Bonchev–Trinajstić information content (AvgIpc) is 2.28. The van der Waals surface area contributed by atoms with Crippen molar-refractivity contribution in [1.29, 1.82) is 0 Å². The van der Waals surface area contributed by atoms with Gasteiger partial charge in [0.2, 0.25) is 0 Å². The Morgan fingerprint density at radius 1 is 1.62 bits per heavy atom. The molecule has 0 saturated carbocycles. The first-order valence-corrected chi connectivity index (χ1v) is 4.95. The van der Waals surface area contributed by atoms with Crippen molar-refractivity contribution in [2.45, 2.75) is 13.0 Å². The van der Waals surface area contributed by atoms with Crippen LogP contribution in [0.4, 0.5) is 5.69 Å². The molecule has 0 saturated heterocycles. The lowest BCUT2D eigenvalue weighted by molar-refractivity contribution is 0.0947. The van der Waals surface area contributed by atoms with Gasteiger partial charge in [0.15, 0.2) is 0 Å². The van der Waals surface area contributed by atoms with Crippen LogP contribution in [0.3, 0.4) is 0 Å². The molecule has 0 fully saturated rings. The van der Waals surface area contributed by atoms with E-state index < -0.39 is 0 Å². The minimum Gasteiger partial charge on any atom is -0.495 e. The van der Waals surface area contributed by atoms with Gasteiger partial charge in [-0.3, -0.25) is 4.79 Å². The largest absolute Gasteiger partial charge is 0.495 e. The standard InChI is InChI=1S/C12H16N2O2/c1-4-8(2)14-12(15)9-5-6-11(16-3)10(13)7-9/h4-8H,1,13H2,2-3H3,(H,14,15). The van der Waals surface area contributed by atoms with E-state index in [1.165, 1.54) is 7.11 Å². The van der Waals surface area contributed by atoms with Crippen molar-refractivity contribution in [1.82, 2.24) is 5.32 Å². The van der Waals surface area contributed by atoms with Crippen molar-refractivity contribution >= 4 is 11.6 Å². The predicted octanol–water partition coefficient (Wildman–Crippen LogP) is 1.58. The number of rotatable bonds is 4. The van der Waals surface area contributed by atoms with Crippen molar-refractivity contribution in [3.05, 3.63) is 36.4 Å². The van der Waals surface area contributed by atoms with Crippen LogP contribution in [0.1, 0.15) is 17.3 Å². The summed E-state index contributed by atoms with van der Waals surface area (Å²) in [5.74, 6) is 0.384. The van der Waals surface area contributed by atoms with Crippen LogP contribution >= 0.6 is 0 Å². The van der Waals surface area contributed by atoms with Gasteiger partial charge in [0.25, 0.3) is 5.91 Å². The highest BCUT2D eigenvalue weighted by molar-refractivity contribution is 5.95. The molecule has 86 valence electrons. The molecule has 0 aliphatic carbocycles. The van der Waals surface area contributed by atoms with Gasteiger partial charge in [-0.25, -0.2) is 0 Å². The molecule has 1 unspecified atom stereocenters. The molecule has 0 aliphatic heterocycles. The number of hydrogen-bond donors (Lipinski definition) is 2. The van der Waals surface area contributed by atoms with E-state index in [1.54, 1.807) is 24.3 Å². The summed E-state index contributed by atoms with van der Waals surface area (Å²) in [5.41, 5.74) is 6.66. The van der Waals surface area contributed by atoms with Gasteiger partial charge in [0.1, 0.15) is 5.75 Å². The number of nitrogens with one attached hydrogen (secondary N) is 1. The first-order valence-electron chi connectivity index (χ1n) is 4.95. The fourth-order valence-corrected chi connectivity index (χ4v) is 1.22. The minimum absolute atomic E-state index is 0.0733. The van der Waals surface area contributed by atoms with Crippen LogP contribution in [-0.2, 0) is 0 Å². The Kier molecular flexibility index (Phi) is 3.94. The first-order chi connectivity index (χ1) is 7.58. The minimum atomic E-state index is -0.179. The zero-order chi connectivity index (χ0) is 12.1. The zero-order valence-electron chi connectivity index (χ0n) is 9.49. The van der Waals surface area contributed by atoms with Gasteiger partial charge >= 0.3 is 0 Å². The Balaban J connectivity index is 2.84. The van der Waals surface area contributed by atoms with Crippen molar-refractivity contribution in [3.63, 3.8) is 0 Å². The summed E-state index contributed by atoms with van der Waals surface area (Å²) in [4.78, 5) is 11.7. The molecular weight excluding hydrogens is 204 g/mol. The molecule has 0 aliphatic rings. The van der Waals surface area contributed by atoms with Crippen LogP contribution in [0.15, 0.2) is 30.9 Å². The summed E-state index contributed by atoms with van der Waals surface area (Å²) in [5, 5.41) is 2.76. The highest BCUT2D eigenvalue weighted by Gasteiger charge is 2.09. The summed E-state index contributed by atoms with van der Waals surface area (Å²) in [6.07, 6.45) is 1.66. The van der Waals surface area contributed by atoms with Crippen LogP contribution in [0.5, 0.6) is 5.75 Å². The van der Waals surface area contributed by atoms with Crippen molar-refractivity contribution in [2.75, 3.05) is 12.8 Å². The summed E-state index contributed by atoms with van der Waals surface area (Å²) < 4.78 is 5.01. The fraction of sp³-hybridized carbons (Fsp3) is 0.250. The number of methoxy groups -OCH3 is 1. The second kappa shape index (κ2) is 5.21. The van der Waals surface area contributed by atoms with Crippen molar-refractivity contribution in [2.24, 2.45) is 0 Å². The number of carbonyl (C=O) groups excluding carboxylic acids is 1. The molecule has 4 nitrogen and oxygen atoms in total. The van der Waals surface area contributed by atoms with Gasteiger partial charge in [-0.1, -0.05) is 6.08 Å². The van der Waals surface area contributed by atoms with E-state index in [4.69, 9.17) is 10.5 Å². The Bertz CT molecular complexity index is 402. The normalized spacial score (nSPS) is 11.6. The van der Waals surface area contributed by atoms with Crippen LogP contribution in [0.2, 0.25) is 0 Å². The molecule has 3 N–H and O–H groups in total. The smallest absolute Gasteiger partial charge is 0.251 e. The van der Waals surface area contributed by atoms with Gasteiger partial charge < -0.3 is 15.8 Å². The molecule has 1 aromatic carbocycles. The Labute approximate surface area is 95.1 Å². The Hall–Kier alpha value is -1.97. The van der Waals surface area contributed by atoms with Crippen molar-refractivity contribution in [3.8, 4) is 5.75 Å². The molecule has 16 heavy (non-hydrogen) atoms. The Morgan fingerprint density at radius 3 is 2.81 bits per heavy atom. The molecule has 1 rings (SSSR count). The predicted molar refractivity (Wildman–Crippen MR) is 64.5 cm³/mol. The Morgan fingerprint density at radius 2 is 2.31 bits per heavy atom. The first kappa shape index (κ1) is 12.1. The second-order valence-electron chi connectivity index (χ2n) is 3.45. The van der Waals surface area contributed by atoms with Crippen LogP contribution in [-0.4, -0.2) is 19.1 Å². The summed E-state index contributed by atoms with van der Waals surface area (Å²) in [7, 11) is 1.53. The molecule has 0 radical (unpaired) electrons. The van der Waals surface area contributed by atoms with Gasteiger partial charge in [-0.2, -0.15) is 0 Å². The maximum absolute atomic E-state index is 11.7. The number of carbonyl (C=O) groups is 1. The molecule has 0 spiro atoms. The molecule has 1 atom stereocenters. The van der Waals surface area contributed by atoms with Gasteiger partial charge in [-0.05, 0) is 25.1 Å².